The van der Waals surface area contributed by atoms with Crippen LogP contribution in [-0.2, 0) is 4.79 Å². The molecule has 8 nitrogen and oxygen atoms in total. The molecule has 2 heterocycles. The maximum Gasteiger partial charge on any atom is 0.573 e. The number of alkyl halides is 3. The van der Waals surface area contributed by atoms with Crippen LogP contribution in [0.4, 0.5) is 19.1 Å². The van der Waals surface area contributed by atoms with Gasteiger partial charge in [-0.25, -0.2) is 9.97 Å². The number of benzene rings is 2. The zero-order chi connectivity index (χ0) is 23.0. The predicted octanol–water partition coefficient (Wildman–Crippen LogP) is 4.28. The summed E-state index contributed by atoms with van der Waals surface area (Å²) in [6, 6.07) is 10.4. The van der Waals surface area contributed by atoms with Crippen molar-refractivity contribution in [1.82, 2.24) is 19.6 Å². The fourth-order valence-corrected chi connectivity index (χ4v) is 3.55. The molecule has 12 heteroatoms. The van der Waals surface area contributed by atoms with Gasteiger partial charge in [0.1, 0.15) is 11.8 Å². The van der Waals surface area contributed by atoms with Gasteiger partial charge in [-0.05, 0) is 36.8 Å². The molecule has 1 amide bonds. The zero-order valence-electron chi connectivity index (χ0n) is 16.5. The smallest absolute Gasteiger partial charge is 0.405 e. The molecule has 0 aliphatic rings. The minimum atomic E-state index is -4.89. The second-order valence-electron chi connectivity index (χ2n) is 6.82. The number of amides is 1. The summed E-state index contributed by atoms with van der Waals surface area (Å²) >= 11 is 3.25. The number of primary amides is 1. The van der Waals surface area contributed by atoms with E-state index in [1.807, 2.05) is 0 Å². The van der Waals surface area contributed by atoms with E-state index in [4.69, 9.17) is 5.73 Å². The summed E-state index contributed by atoms with van der Waals surface area (Å²) in [5.74, 6) is -0.869. The minimum Gasteiger partial charge on any atom is -0.405 e. The molecule has 1 atom stereocenters. The first-order valence-corrected chi connectivity index (χ1v) is 10.2. The van der Waals surface area contributed by atoms with Gasteiger partial charge in [-0.2, -0.15) is 4.52 Å². The highest BCUT2D eigenvalue weighted by atomic mass is 79.9. The van der Waals surface area contributed by atoms with E-state index in [1.165, 1.54) is 22.7 Å². The van der Waals surface area contributed by atoms with E-state index in [9.17, 15) is 18.0 Å². The summed E-state index contributed by atoms with van der Waals surface area (Å²) in [6.45, 7) is 1.77. The highest BCUT2D eigenvalue weighted by Gasteiger charge is 2.33. The molecule has 0 saturated carbocycles. The lowest BCUT2D eigenvalue weighted by Gasteiger charge is -2.15. The largest absolute Gasteiger partial charge is 0.573 e. The molecule has 0 bridgehead atoms. The van der Waals surface area contributed by atoms with Gasteiger partial charge < -0.3 is 15.8 Å². The van der Waals surface area contributed by atoms with Crippen molar-refractivity contribution >= 4 is 44.3 Å². The molecule has 1 unspecified atom stereocenters. The van der Waals surface area contributed by atoms with Crippen LogP contribution in [0.15, 0.2) is 46.9 Å². The van der Waals surface area contributed by atoms with Gasteiger partial charge in [0.15, 0.2) is 11.5 Å². The lowest BCUT2D eigenvalue weighted by atomic mass is 10.2. The van der Waals surface area contributed by atoms with Crippen molar-refractivity contribution in [3.8, 4) is 17.1 Å². The number of anilines is 1. The number of hydrogen-bond acceptors (Lipinski definition) is 6. The Morgan fingerprint density at radius 3 is 2.69 bits per heavy atom. The lowest BCUT2D eigenvalue weighted by Crippen LogP contribution is -2.35. The molecule has 4 rings (SSSR count). The van der Waals surface area contributed by atoms with Crippen molar-refractivity contribution < 1.29 is 22.7 Å². The van der Waals surface area contributed by atoms with Gasteiger partial charge in [-0.3, -0.25) is 4.79 Å². The first-order chi connectivity index (χ1) is 15.2. The van der Waals surface area contributed by atoms with Crippen LogP contribution in [0.1, 0.15) is 13.3 Å². The van der Waals surface area contributed by atoms with Gasteiger partial charge in [0.2, 0.25) is 11.9 Å². The molecule has 0 radical (unpaired) electrons. The van der Waals surface area contributed by atoms with E-state index in [2.05, 4.69) is 41.1 Å². The molecule has 0 fully saturated rings. The van der Waals surface area contributed by atoms with Gasteiger partial charge in [0.25, 0.3) is 0 Å². The van der Waals surface area contributed by atoms with Gasteiger partial charge in [-0.1, -0.05) is 35.0 Å². The number of carbonyl (C=O) groups is 1. The first kappa shape index (κ1) is 21.8. The Balaban J connectivity index is 1.94. The quantitative estimate of drug-likeness (QED) is 0.402. The number of para-hydroxylation sites is 1. The van der Waals surface area contributed by atoms with Crippen LogP contribution >= 0.6 is 15.9 Å². The SMILES string of the molecule is CCC(Nc1nc2ccccc2c2nc(-c3cc(Br)ccc3OC(F)(F)F)nn12)C(N)=O. The maximum atomic E-state index is 12.9. The molecular weight excluding hydrogens is 493 g/mol. The molecule has 3 N–H and O–H groups in total. The lowest BCUT2D eigenvalue weighted by molar-refractivity contribution is -0.274. The van der Waals surface area contributed by atoms with E-state index >= 15 is 0 Å². The summed E-state index contributed by atoms with van der Waals surface area (Å²) in [5, 5.41) is 7.94. The third-order valence-electron chi connectivity index (χ3n) is 4.64. The summed E-state index contributed by atoms with van der Waals surface area (Å²) < 4.78 is 44.8. The highest BCUT2D eigenvalue weighted by Crippen LogP contribution is 2.35. The number of rotatable bonds is 6. The molecular formula is C20H16BrF3N6O2. The van der Waals surface area contributed by atoms with Crippen molar-refractivity contribution in [2.24, 2.45) is 5.73 Å². The van der Waals surface area contributed by atoms with Gasteiger partial charge >= 0.3 is 6.36 Å². The molecule has 32 heavy (non-hydrogen) atoms. The fraction of sp³-hybridized carbons (Fsp3) is 0.200. The number of nitrogens with two attached hydrogens (primary N) is 1. The normalized spacial score (nSPS) is 12.8. The second-order valence-corrected chi connectivity index (χ2v) is 7.73. The number of ether oxygens (including phenoxy) is 1. The van der Waals surface area contributed by atoms with Gasteiger partial charge in [0.05, 0.1) is 11.1 Å². The Morgan fingerprint density at radius 1 is 1.25 bits per heavy atom. The molecule has 0 aliphatic carbocycles. The molecule has 4 aromatic rings. The monoisotopic (exact) mass is 508 g/mol. The molecule has 2 aromatic carbocycles. The van der Waals surface area contributed by atoms with E-state index in [1.54, 1.807) is 31.2 Å². The predicted molar refractivity (Wildman–Crippen MR) is 115 cm³/mol. The topological polar surface area (TPSA) is 107 Å². The number of carbonyl (C=O) groups excluding carboxylic acids is 1. The van der Waals surface area contributed by atoms with Crippen molar-refractivity contribution in [3.05, 3.63) is 46.9 Å². The van der Waals surface area contributed by atoms with E-state index in [-0.39, 0.29) is 17.3 Å². The minimum absolute atomic E-state index is 0.0149. The number of halogens is 4. The summed E-state index contributed by atoms with van der Waals surface area (Å²) in [4.78, 5) is 20.7. The highest BCUT2D eigenvalue weighted by molar-refractivity contribution is 9.10. The van der Waals surface area contributed by atoms with Gasteiger partial charge in [0, 0.05) is 9.86 Å². The van der Waals surface area contributed by atoms with Gasteiger partial charge in [-0.15, -0.1) is 18.3 Å². The van der Waals surface area contributed by atoms with Crippen LogP contribution in [0.25, 0.3) is 27.9 Å². The van der Waals surface area contributed by atoms with Crippen LogP contribution < -0.4 is 15.8 Å². The average Bonchev–Trinajstić information content (AvgIpc) is 3.17. The summed E-state index contributed by atoms with van der Waals surface area (Å²) in [7, 11) is 0. The Kier molecular flexibility index (Phi) is 5.63. The fourth-order valence-electron chi connectivity index (χ4n) is 3.18. The number of nitrogens with one attached hydrogen (secondary N) is 1. The standard InChI is InChI=1S/C20H16BrF3N6O2/c1-2-13(16(25)31)26-19-27-14-6-4-3-5-11(14)18-28-17(29-30(18)19)12-9-10(21)7-8-15(12)32-20(22,23)24/h3-9,13H,2H2,1H3,(H2,25,31)(H,26,27). The summed E-state index contributed by atoms with van der Waals surface area (Å²) in [6.07, 6.45) is -4.50. The third-order valence-corrected chi connectivity index (χ3v) is 5.14. The van der Waals surface area contributed by atoms with E-state index in [0.717, 1.165) is 0 Å². The Hall–Kier alpha value is -3.41. The summed E-state index contributed by atoms with van der Waals surface area (Å²) in [5.41, 5.74) is 6.36. The molecule has 0 saturated heterocycles. The molecule has 0 aliphatic heterocycles. The molecule has 166 valence electrons. The maximum absolute atomic E-state index is 12.9. The Morgan fingerprint density at radius 2 is 2.00 bits per heavy atom. The number of hydrogen-bond donors (Lipinski definition) is 2. The van der Waals surface area contributed by atoms with Crippen molar-refractivity contribution in [2.75, 3.05) is 5.32 Å². The Bertz CT molecular complexity index is 1320. The van der Waals surface area contributed by atoms with E-state index in [0.29, 0.717) is 27.4 Å². The third kappa shape index (κ3) is 4.31. The molecule has 0 spiro atoms. The Labute approximate surface area is 187 Å². The van der Waals surface area contributed by atoms with Crippen molar-refractivity contribution in [1.29, 1.82) is 0 Å². The van der Waals surface area contributed by atoms with Crippen molar-refractivity contribution in [3.63, 3.8) is 0 Å². The van der Waals surface area contributed by atoms with Crippen LogP contribution in [0, 0.1) is 0 Å². The van der Waals surface area contributed by atoms with Crippen LogP contribution in [0.3, 0.4) is 0 Å². The van der Waals surface area contributed by atoms with Crippen LogP contribution in [0.2, 0.25) is 0 Å². The first-order valence-electron chi connectivity index (χ1n) is 9.43. The number of aromatic nitrogens is 4. The number of fused-ring (bicyclic) bond motifs is 3. The van der Waals surface area contributed by atoms with Crippen molar-refractivity contribution in [2.45, 2.75) is 25.7 Å². The second kappa shape index (κ2) is 8.26. The average molecular weight is 509 g/mol. The van der Waals surface area contributed by atoms with E-state index < -0.39 is 24.1 Å². The zero-order valence-corrected chi connectivity index (χ0v) is 18.1. The van der Waals surface area contributed by atoms with Crippen LogP contribution in [0.5, 0.6) is 5.75 Å². The number of nitrogens with zero attached hydrogens (tertiary/aromatic N) is 4. The van der Waals surface area contributed by atoms with Crippen LogP contribution in [-0.4, -0.2) is 37.9 Å². The molecule has 2 aromatic heterocycles.